The zero-order valence-electron chi connectivity index (χ0n) is 12.1. The van der Waals surface area contributed by atoms with E-state index >= 15 is 0 Å². The van der Waals surface area contributed by atoms with Gasteiger partial charge in [0.05, 0.1) is 5.39 Å². The van der Waals surface area contributed by atoms with Gasteiger partial charge in [0.1, 0.15) is 11.6 Å². The van der Waals surface area contributed by atoms with Crippen molar-refractivity contribution in [1.29, 1.82) is 0 Å². The molecule has 0 radical (unpaired) electrons. The number of aromatic nitrogens is 5. The standard InChI is InChI=1S/C14H14N6O2/c1-9(13(21)15-12-7-8-19(2)17-12)20-14(22)10-5-3-4-6-11(10)16-18-20/h3-9H,1-2H3,(H,15,17,21)/t9-/m0/s1. The Morgan fingerprint density at radius 3 is 2.77 bits per heavy atom. The summed E-state index contributed by atoms with van der Waals surface area (Å²) in [5.74, 6) is 0.0338. The quantitative estimate of drug-likeness (QED) is 0.769. The van der Waals surface area contributed by atoms with Crippen molar-refractivity contribution in [2.24, 2.45) is 7.05 Å². The fraction of sp³-hybridized carbons (Fsp3) is 0.214. The van der Waals surface area contributed by atoms with Crippen LogP contribution in [0.25, 0.3) is 10.9 Å². The minimum absolute atomic E-state index is 0.353. The van der Waals surface area contributed by atoms with E-state index in [0.717, 1.165) is 4.68 Å². The molecule has 112 valence electrons. The van der Waals surface area contributed by atoms with Crippen LogP contribution in [0.5, 0.6) is 0 Å². The molecule has 2 aromatic heterocycles. The molecule has 1 N–H and O–H groups in total. The summed E-state index contributed by atoms with van der Waals surface area (Å²) in [5.41, 5.74) is 0.148. The molecule has 8 nitrogen and oxygen atoms in total. The molecule has 3 aromatic rings. The van der Waals surface area contributed by atoms with E-state index in [-0.39, 0.29) is 11.5 Å². The molecule has 0 spiro atoms. The van der Waals surface area contributed by atoms with Crippen LogP contribution in [-0.2, 0) is 11.8 Å². The number of rotatable bonds is 3. The lowest BCUT2D eigenvalue weighted by atomic mass is 10.2. The zero-order chi connectivity index (χ0) is 15.7. The molecule has 8 heteroatoms. The topological polar surface area (TPSA) is 94.7 Å². The third kappa shape index (κ3) is 2.46. The van der Waals surface area contributed by atoms with Crippen molar-refractivity contribution in [1.82, 2.24) is 24.8 Å². The van der Waals surface area contributed by atoms with Gasteiger partial charge in [0, 0.05) is 19.3 Å². The minimum Gasteiger partial charge on any atom is -0.307 e. The molecule has 1 aromatic carbocycles. The summed E-state index contributed by atoms with van der Waals surface area (Å²) in [7, 11) is 1.75. The summed E-state index contributed by atoms with van der Waals surface area (Å²) in [6.45, 7) is 1.59. The Bertz CT molecular complexity index is 897. The van der Waals surface area contributed by atoms with Crippen LogP contribution in [0.1, 0.15) is 13.0 Å². The summed E-state index contributed by atoms with van der Waals surface area (Å²) >= 11 is 0. The number of hydrogen-bond acceptors (Lipinski definition) is 5. The van der Waals surface area contributed by atoms with Crippen LogP contribution in [-0.4, -0.2) is 30.7 Å². The maximum atomic E-state index is 12.4. The SMILES string of the molecule is C[C@@H](C(=O)Nc1ccn(C)n1)n1nnc2ccccc2c1=O. The molecule has 1 atom stereocenters. The Morgan fingerprint density at radius 2 is 2.05 bits per heavy atom. The number of anilines is 1. The smallest absolute Gasteiger partial charge is 0.278 e. The third-order valence-electron chi connectivity index (χ3n) is 3.30. The second-order valence-corrected chi connectivity index (χ2v) is 4.90. The van der Waals surface area contributed by atoms with E-state index < -0.39 is 6.04 Å². The second-order valence-electron chi connectivity index (χ2n) is 4.90. The van der Waals surface area contributed by atoms with Crippen molar-refractivity contribution in [3.8, 4) is 0 Å². The van der Waals surface area contributed by atoms with Gasteiger partial charge in [0.2, 0.25) is 5.91 Å². The maximum Gasteiger partial charge on any atom is 0.278 e. The molecule has 0 unspecified atom stereocenters. The first-order valence-corrected chi connectivity index (χ1v) is 6.71. The Kier molecular flexibility index (Phi) is 3.42. The lowest BCUT2D eigenvalue weighted by Gasteiger charge is -2.12. The molecule has 0 saturated heterocycles. The van der Waals surface area contributed by atoms with Gasteiger partial charge in [-0.1, -0.05) is 17.3 Å². The van der Waals surface area contributed by atoms with Gasteiger partial charge in [-0.25, -0.2) is 0 Å². The normalized spacial score (nSPS) is 12.3. The highest BCUT2D eigenvalue weighted by Crippen LogP contribution is 2.09. The summed E-state index contributed by atoms with van der Waals surface area (Å²) < 4.78 is 2.64. The fourth-order valence-electron chi connectivity index (χ4n) is 2.08. The molecular formula is C14H14N6O2. The molecule has 0 aliphatic rings. The van der Waals surface area contributed by atoms with Crippen molar-refractivity contribution >= 4 is 22.6 Å². The lowest BCUT2D eigenvalue weighted by Crippen LogP contribution is -2.34. The van der Waals surface area contributed by atoms with Gasteiger partial charge in [0.15, 0.2) is 5.82 Å². The average molecular weight is 298 g/mol. The van der Waals surface area contributed by atoms with Gasteiger partial charge in [-0.3, -0.25) is 14.3 Å². The molecule has 0 bridgehead atoms. The van der Waals surface area contributed by atoms with E-state index in [0.29, 0.717) is 16.7 Å². The number of aryl methyl sites for hydroxylation is 1. The van der Waals surface area contributed by atoms with Crippen LogP contribution in [0.15, 0.2) is 41.3 Å². The Balaban J connectivity index is 1.91. The van der Waals surface area contributed by atoms with E-state index in [9.17, 15) is 9.59 Å². The van der Waals surface area contributed by atoms with Gasteiger partial charge in [-0.2, -0.15) is 9.78 Å². The van der Waals surface area contributed by atoms with Crippen LogP contribution in [0.3, 0.4) is 0 Å². The third-order valence-corrected chi connectivity index (χ3v) is 3.30. The number of hydrogen-bond donors (Lipinski definition) is 1. The largest absolute Gasteiger partial charge is 0.307 e. The molecule has 0 aliphatic carbocycles. The monoisotopic (exact) mass is 298 g/mol. The van der Waals surface area contributed by atoms with Crippen molar-refractivity contribution in [2.75, 3.05) is 5.32 Å². The number of nitrogens with zero attached hydrogens (tertiary/aromatic N) is 5. The summed E-state index contributed by atoms with van der Waals surface area (Å²) in [5, 5.41) is 14.9. The number of fused-ring (bicyclic) bond motifs is 1. The molecular weight excluding hydrogens is 284 g/mol. The number of benzene rings is 1. The summed E-state index contributed by atoms with van der Waals surface area (Å²) in [4.78, 5) is 24.6. The predicted molar refractivity (Wildman–Crippen MR) is 80.3 cm³/mol. The highest BCUT2D eigenvalue weighted by Gasteiger charge is 2.19. The van der Waals surface area contributed by atoms with E-state index in [1.807, 2.05) is 0 Å². The molecule has 3 rings (SSSR count). The van der Waals surface area contributed by atoms with Gasteiger partial charge < -0.3 is 5.32 Å². The van der Waals surface area contributed by atoms with Gasteiger partial charge in [0.25, 0.3) is 5.56 Å². The van der Waals surface area contributed by atoms with E-state index in [4.69, 9.17) is 0 Å². The summed E-state index contributed by atoms with van der Waals surface area (Å²) in [6.07, 6.45) is 1.71. The first-order chi connectivity index (χ1) is 10.6. The van der Waals surface area contributed by atoms with Crippen LogP contribution in [0.4, 0.5) is 5.82 Å². The van der Waals surface area contributed by atoms with Gasteiger partial charge in [-0.05, 0) is 19.1 Å². The molecule has 2 heterocycles. The second kappa shape index (κ2) is 5.40. The van der Waals surface area contributed by atoms with Crippen molar-refractivity contribution < 1.29 is 4.79 Å². The van der Waals surface area contributed by atoms with Gasteiger partial charge in [-0.15, -0.1) is 5.10 Å². The lowest BCUT2D eigenvalue weighted by molar-refractivity contribution is -0.119. The van der Waals surface area contributed by atoms with Crippen LogP contribution in [0, 0.1) is 0 Å². The predicted octanol–water partition coefficient (Wildman–Crippen LogP) is 0.725. The fourth-order valence-corrected chi connectivity index (χ4v) is 2.08. The van der Waals surface area contributed by atoms with Crippen LogP contribution in [0.2, 0.25) is 0 Å². The highest BCUT2D eigenvalue weighted by atomic mass is 16.2. The van der Waals surface area contributed by atoms with Gasteiger partial charge >= 0.3 is 0 Å². The first-order valence-electron chi connectivity index (χ1n) is 6.71. The molecule has 22 heavy (non-hydrogen) atoms. The zero-order valence-corrected chi connectivity index (χ0v) is 12.1. The number of carbonyl (C=O) groups excluding carboxylic acids is 1. The Hall–Kier alpha value is -3.03. The van der Waals surface area contributed by atoms with E-state index in [1.165, 1.54) is 0 Å². The summed E-state index contributed by atoms with van der Waals surface area (Å²) in [6, 6.07) is 7.75. The Morgan fingerprint density at radius 1 is 1.27 bits per heavy atom. The molecule has 0 aliphatic heterocycles. The van der Waals surface area contributed by atoms with E-state index in [2.05, 4.69) is 20.7 Å². The molecule has 0 saturated carbocycles. The Labute approximate surface area is 125 Å². The van der Waals surface area contributed by atoms with Crippen LogP contribution >= 0.6 is 0 Å². The van der Waals surface area contributed by atoms with Crippen molar-refractivity contribution in [3.05, 3.63) is 46.9 Å². The van der Waals surface area contributed by atoms with E-state index in [1.54, 1.807) is 55.2 Å². The van der Waals surface area contributed by atoms with Crippen molar-refractivity contribution in [2.45, 2.75) is 13.0 Å². The number of nitrogens with one attached hydrogen (secondary N) is 1. The minimum atomic E-state index is -0.799. The average Bonchev–Trinajstić information content (AvgIpc) is 2.92. The first kappa shape index (κ1) is 13.9. The molecule has 1 amide bonds. The highest BCUT2D eigenvalue weighted by molar-refractivity contribution is 5.92. The number of carbonyl (C=O) groups is 1. The van der Waals surface area contributed by atoms with Crippen LogP contribution < -0.4 is 10.9 Å². The van der Waals surface area contributed by atoms with Crippen molar-refractivity contribution in [3.63, 3.8) is 0 Å². The number of amides is 1. The molecule has 0 fully saturated rings. The maximum absolute atomic E-state index is 12.4.